The molecule has 6 nitrogen and oxygen atoms in total. The van der Waals surface area contributed by atoms with Crippen LogP contribution in [0.1, 0.15) is 10.4 Å². The molecule has 6 heteroatoms. The van der Waals surface area contributed by atoms with Gasteiger partial charge in [0.05, 0.1) is 23.1 Å². The maximum absolute atomic E-state index is 12.8. The number of amides is 1. The van der Waals surface area contributed by atoms with E-state index < -0.39 is 0 Å². The number of benzene rings is 2. The number of hydrogen-bond donors (Lipinski definition) is 1. The number of nitrogens with zero attached hydrogens (tertiary/aromatic N) is 4. The molecule has 3 aromatic rings. The molecule has 1 aliphatic rings. The number of rotatable bonds is 3. The highest BCUT2D eigenvalue weighted by atomic mass is 16.3. The molecule has 26 heavy (non-hydrogen) atoms. The van der Waals surface area contributed by atoms with Gasteiger partial charge in [0.25, 0.3) is 5.91 Å². The molecule has 0 unspecified atom stereocenters. The molecule has 1 saturated heterocycles. The number of piperazine rings is 1. The molecule has 0 saturated carbocycles. The van der Waals surface area contributed by atoms with Crippen LogP contribution in [-0.4, -0.2) is 51.9 Å². The second-order valence-corrected chi connectivity index (χ2v) is 6.28. The topological polar surface area (TPSA) is 61.6 Å². The first-order valence-corrected chi connectivity index (χ1v) is 8.65. The second kappa shape index (κ2) is 6.92. The summed E-state index contributed by atoms with van der Waals surface area (Å²) in [6.45, 7) is 2.61. The highest BCUT2D eigenvalue weighted by Crippen LogP contribution is 2.27. The van der Waals surface area contributed by atoms with Crippen molar-refractivity contribution in [2.75, 3.05) is 31.1 Å². The quantitative estimate of drug-likeness (QED) is 0.790. The van der Waals surface area contributed by atoms with Crippen LogP contribution in [0.5, 0.6) is 5.75 Å². The summed E-state index contributed by atoms with van der Waals surface area (Å²) in [5.74, 6) is 0.264. The van der Waals surface area contributed by atoms with E-state index in [1.165, 1.54) is 0 Å². The molecule has 132 valence electrons. The molecular formula is C20H20N4O2. The number of aromatic nitrogens is 2. The maximum atomic E-state index is 12.8. The summed E-state index contributed by atoms with van der Waals surface area (Å²) in [7, 11) is 0. The standard InChI is InChI=1S/C20H20N4O2/c25-19-9-5-4-8-18(19)22-10-12-23(13-11-22)20(26)16-14-21-24(15-16)17-6-2-1-3-7-17/h1-9,14-15,25H,10-13H2. The Kier molecular flexibility index (Phi) is 4.31. The maximum Gasteiger partial charge on any atom is 0.257 e. The first-order valence-electron chi connectivity index (χ1n) is 8.65. The number of aromatic hydroxyl groups is 1. The van der Waals surface area contributed by atoms with E-state index in [9.17, 15) is 9.90 Å². The summed E-state index contributed by atoms with van der Waals surface area (Å²) in [6, 6.07) is 17.0. The van der Waals surface area contributed by atoms with Crippen LogP contribution < -0.4 is 4.90 Å². The summed E-state index contributed by atoms with van der Waals surface area (Å²) in [5.41, 5.74) is 2.33. The number of para-hydroxylation sites is 3. The van der Waals surface area contributed by atoms with E-state index in [0.717, 1.165) is 11.4 Å². The lowest BCUT2D eigenvalue weighted by Gasteiger charge is -2.36. The summed E-state index contributed by atoms with van der Waals surface area (Å²) < 4.78 is 1.71. The number of hydrogen-bond acceptors (Lipinski definition) is 4. The summed E-state index contributed by atoms with van der Waals surface area (Å²) in [6.07, 6.45) is 3.39. The largest absolute Gasteiger partial charge is 0.506 e. The molecule has 4 rings (SSSR count). The van der Waals surface area contributed by atoms with E-state index in [1.54, 1.807) is 23.1 Å². The first-order chi connectivity index (χ1) is 12.7. The molecule has 1 N–H and O–H groups in total. The normalized spacial score (nSPS) is 14.5. The van der Waals surface area contributed by atoms with Crippen LogP contribution in [0.3, 0.4) is 0 Å². The second-order valence-electron chi connectivity index (χ2n) is 6.28. The molecule has 0 radical (unpaired) electrons. The zero-order valence-corrected chi connectivity index (χ0v) is 14.3. The minimum atomic E-state index is -0.0101. The predicted molar refractivity (Wildman–Crippen MR) is 99.8 cm³/mol. The lowest BCUT2D eigenvalue weighted by molar-refractivity contribution is 0.0746. The molecule has 0 aliphatic carbocycles. The Morgan fingerprint density at radius 3 is 2.35 bits per heavy atom. The molecule has 0 atom stereocenters. The molecular weight excluding hydrogens is 328 g/mol. The third kappa shape index (κ3) is 3.13. The Labute approximate surface area is 151 Å². The van der Waals surface area contributed by atoms with E-state index in [2.05, 4.69) is 10.00 Å². The van der Waals surface area contributed by atoms with Gasteiger partial charge in [-0.15, -0.1) is 0 Å². The van der Waals surface area contributed by atoms with Crippen molar-refractivity contribution in [2.24, 2.45) is 0 Å². The minimum absolute atomic E-state index is 0.0101. The molecule has 0 bridgehead atoms. The van der Waals surface area contributed by atoms with Crippen molar-refractivity contribution in [2.45, 2.75) is 0 Å². The highest BCUT2D eigenvalue weighted by Gasteiger charge is 2.24. The average molecular weight is 348 g/mol. The van der Waals surface area contributed by atoms with Gasteiger partial charge >= 0.3 is 0 Å². The number of phenolic OH excluding ortho intramolecular Hbond substituents is 1. The lowest BCUT2D eigenvalue weighted by Crippen LogP contribution is -2.48. The fourth-order valence-electron chi connectivity index (χ4n) is 3.22. The van der Waals surface area contributed by atoms with Crippen LogP contribution >= 0.6 is 0 Å². The van der Waals surface area contributed by atoms with E-state index >= 15 is 0 Å². The Morgan fingerprint density at radius 1 is 0.923 bits per heavy atom. The Bertz CT molecular complexity index is 899. The number of phenols is 1. The molecule has 1 aliphatic heterocycles. The fraction of sp³-hybridized carbons (Fsp3) is 0.200. The monoisotopic (exact) mass is 348 g/mol. The van der Waals surface area contributed by atoms with Gasteiger partial charge in [-0.1, -0.05) is 30.3 Å². The summed E-state index contributed by atoms with van der Waals surface area (Å²) in [5, 5.41) is 14.3. The summed E-state index contributed by atoms with van der Waals surface area (Å²) in [4.78, 5) is 16.7. The number of carbonyl (C=O) groups excluding carboxylic acids is 1. The Hall–Kier alpha value is -3.28. The average Bonchev–Trinajstić information content (AvgIpc) is 3.19. The van der Waals surface area contributed by atoms with Crippen molar-refractivity contribution in [1.29, 1.82) is 0 Å². The third-order valence-electron chi connectivity index (χ3n) is 4.64. The molecule has 2 aromatic carbocycles. The first kappa shape index (κ1) is 16.2. The van der Waals surface area contributed by atoms with Crippen molar-refractivity contribution in [1.82, 2.24) is 14.7 Å². The highest BCUT2D eigenvalue weighted by molar-refractivity contribution is 5.94. The van der Waals surface area contributed by atoms with Crippen LogP contribution in [0.2, 0.25) is 0 Å². The van der Waals surface area contributed by atoms with Gasteiger partial charge in [-0.05, 0) is 24.3 Å². The molecule has 2 heterocycles. The van der Waals surface area contributed by atoms with Gasteiger partial charge in [0.2, 0.25) is 0 Å². The van der Waals surface area contributed by atoms with Crippen LogP contribution in [0.25, 0.3) is 5.69 Å². The van der Waals surface area contributed by atoms with E-state index in [0.29, 0.717) is 31.7 Å². The van der Waals surface area contributed by atoms with Crippen molar-refractivity contribution in [3.63, 3.8) is 0 Å². The minimum Gasteiger partial charge on any atom is -0.506 e. The zero-order chi connectivity index (χ0) is 17.9. The number of anilines is 1. The van der Waals surface area contributed by atoms with Crippen LogP contribution in [0, 0.1) is 0 Å². The van der Waals surface area contributed by atoms with Crippen LogP contribution in [0.15, 0.2) is 67.0 Å². The van der Waals surface area contributed by atoms with Gasteiger partial charge in [0.15, 0.2) is 0 Å². The SMILES string of the molecule is O=C(c1cnn(-c2ccccc2)c1)N1CCN(c2ccccc2O)CC1. The van der Waals surface area contributed by atoms with Crippen molar-refractivity contribution < 1.29 is 9.90 Å². The van der Waals surface area contributed by atoms with E-state index in [4.69, 9.17) is 0 Å². The Balaban J connectivity index is 1.43. The molecule has 1 fully saturated rings. The van der Waals surface area contributed by atoms with Crippen molar-refractivity contribution in [3.05, 3.63) is 72.6 Å². The van der Waals surface area contributed by atoms with E-state index in [1.807, 2.05) is 53.4 Å². The summed E-state index contributed by atoms with van der Waals surface area (Å²) >= 11 is 0. The predicted octanol–water partition coefficient (Wildman–Crippen LogP) is 2.54. The smallest absolute Gasteiger partial charge is 0.257 e. The van der Waals surface area contributed by atoms with Gasteiger partial charge in [0.1, 0.15) is 5.75 Å². The Morgan fingerprint density at radius 2 is 1.62 bits per heavy atom. The lowest BCUT2D eigenvalue weighted by atomic mass is 10.2. The van der Waals surface area contributed by atoms with Crippen LogP contribution in [0.4, 0.5) is 5.69 Å². The van der Waals surface area contributed by atoms with Gasteiger partial charge < -0.3 is 14.9 Å². The molecule has 1 amide bonds. The number of carbonyl (C=O) groups is 1. The zero-order valence-electron chi connectivity index (χ0n) is 14.3. The van der Waals surface area contributed by atoms with Crippen molar-refractivity contribution in [3.8, 4) is 11.4 Å². The third-order valence-corrected chi connectivity index (χ3v) is 4.64. The molecule has 0 spiro atoms. The van der Waals surface area contributed by atoms with Gasteiger partial charge in [0, 0.05) is 32.4 Å². The van der Waals surface area contributed by atoms with Gasteiger partial charge in [-0.25, -0.2) is 4.68 Å². The van der Waals surface area contributed by atoms with Gasteiger partial charge in [-0.2, -0.15) is 5.10 Å². The van der Waals surface area contributed by atoms with Crippen LogP contribution in [-0.2, 0) is 0 Å². The molecule has 1 aromatic heterocycles. The van der Waals surface area contributed by atoms with Gasteiger partial charge in [-0.3, -0.25) is 4.79 Å². The fourth-order valence-corrected chi connectivity index (χ4v) is 3.22. The van der Waals surface area contributed by atoms with E-state index in [-0.39, 0.29) is 11.7 Å². The van der Waals surface area contributed by atoms with Crippen molar-refractivity contribution >= 4 is 11.6 Å².